The van der Waals surface area contributed by atoms with Crippen LogP contribution in [0.15, 0.2) is 33.8 Å². The van der Waals surface area contributed by atoms with Gasteiger partial charge in [-0.15, -0.1) is 0 Å². The standard InChI is InChI=1S/C18H39O3PSi3/c1-7-13-16(10-4)23-19-22(20-24-17(11-5)14-8-2)21-25-18(12-6)15-9-3/h13-15H,7-12,23-25H2,1-6H3. The van der Waals surface area contributed by atoms with E-state index in [2.05, 4.69) is 59.8 Å². The molecule has 0 amide bonds. The Hall–Kier alpha value is 0.181. The molecule has 0 aliphatic heterocycles. The third-order valence-corrected chi connectivity index (χ3v) is 11.5. The Bertz CT molecular complexity index is 364. The van der Waals surface area contributed by atoms with Gasteiger partial charge in [0.25, 0.3) is 8.60 Å². The first-order chi connectivity index (χ1) is 12.1. The first-order valence-electron chi connectivity index (χ1n) is 9.87. The molecule has 146 valence electrons. The molecule has 0 saturated heterocycles. The van der Waals surface area contributed by atoms with Crippen LogP contribution in [-0.4, -0.2) is 29.3 Å². The van der Waals surface area contributed by atoms with Crippen molar-refractivity contribution in [3.8, 4) is 0 Å². The van der Waals surface area contributed by atoms with Crippen LogP contribution in [0.3, 0.4) is 0 Å². The summed E-state index contributed by atoms with van der Waals surface area (Å²) in [5.41, 5.74) is 0. The molecule has 0 unspecified atom stereocenters. The Balaban J connectivity index is 4.76. The monoisotopic (exact) mass is 418 g/mol. The first-order valence-corrected chi connectivity index (χ1v) is 14.8. The van der Waals surface area contributed by atoms with E-state index in [1.54, 1.807) is 0 Å². The van der Waals surface area contributed by atoms with E-state index in [-0.39, 0.29) is 0 Å². The largest absolute Gasteiger partial charge is 0.358 e. The minimum Gasteiger partial charge on any atom is -0.358 e. The molecule has 0 aromatic heterocycles. The Kier molecular flexibility index (Phi) is 17.7. The molecule has 0 aromatic carbocycles. The summed E-state index contributed by atoms with van der Waals surface area (Å²) in [6.45, 7) is 13.2. The van der Waals surface area contributed by atoms with E-state index < -0.39 is 37.9 Å². The molecule has 0 fully saturated rings. The van der Waals surface area contributed by atoms with E-state index >= 15 is 0 Å². The summed E-state index contributed by atoms with van der Waals surface area (Å²) in [6, 6.07) is 0. The number of hydrogen-bond acceptors (Lipinski definition) is 3. The highest BCUT2D eigenvalue weighted by atomic mass is 31.2. The molecule has 0 aliphatic carbocycles. The van der Waals surface area contributed by atoms with Crippen molar-refractivity contribution < 1.29 is 12.6 Å². The first kappa shape index (κ1) is 25.2. The van der Waals surface area contributed by atoms with Crippen LogP contribution in [0, 0.1) is 0 Å². The van der Waals surface area contributed by atoms with Gasteiger partial charge < -0.3 is 12.6 Å². The molecule has 0 saturated carbocycles. The molecule has 0 rings (SSSR count). The summed E-state index contributed by atoms with van der Waals surface area (Å²) in [7, 11) is -3.28. The van der Waals surface area contributed by atoms with Crippen LogP contribution in [0.1, 0.15) is 80.1 Å². The van der Waals surface area contributed by atoms with Gasteiger partial charge in [-0.1, -0.05) is 75.4 Å². The van der Waals surface area contributed by atoms with E-state index in [0.29, 0.717) is 0 Å². The van der Waals surface area contributed by atoms with Crippen molar-refractivity contribution in [3.05, 3.63) is 33.8 Å². The Labute approximate surface area is 164 Å². The smallest absolute Gasteiger partial charge is 0.299 e. The van der Waals surface area contributed by atoms with Gasteiger partial charge in [0.1, 0.15) is 0 Å². The quantitative estimate of drug-likeness (QED) is 0.287. The number of hydrogen-bond donors (Lipinski definition) is 0. The van der Waals surface area contributed by atoms with Gasteiger partial charge in [-0.05, 0) is 38.5 Å². The van der Waals surface area contributed by atoms with Gasteiger partial charge in [0.05, 0.1) is 0 Å². The fourth-order valence-corrected chi connectivity index (χ4v) is 10.3. The molecule has 0 aliphatic rings. The van der Waals surface area contributed by atoms with Crippen molar-refractivity contribution in [1.29, 1.82) is 0 Å². The highest BCUT2D eigenvalue weighted by Crippen LogP contribution is 2.39. The van der Waals surface area contributed by atoms with Gasteiger partial charge in [0.2, 0.25) is 0 Å². The minimum atomic E-state index is -1.14. The molecule has 0 radical (unpaired) electrons. The predicted octanol–water partition coefficient (Wildman–Crippen LogP) is 4.63. The maximum atomic E-state index is 6.20. The topological polar surface area (TPSA) is 27.7 Å². The lowest BCUT2D eigenvalue weighted by Crippen LogP contribution is -2.09. The maximum absolute atomic E-state index is 6.20. The lowest BCUT2D eigenvalue weighted by Gasteiger charge is -2.20. The molecule has 7 heteroatoms. The van der Waals surface area contributed by atoms with E-state index in [0.717, 1.165) is 38.5 Å². The predicted molar refractivity (Wildman–Crippen MR) is 122 cm³/mol. The van der Waals surface area contributed by atoms with Crippen LogP contribution in [0.2, 0.25) is 0 Å². The number of rotatable bonds is 15. The van der Waals surface area contributed by atoms with Gasteiger partial charge >= 0.3 is 0 Å². The van der Waals surface area contributed by atoms with Crippen molar-refractivity contribution in [2.24, 2.45) is 0 Å². The molecule has 0 spiro atoms. The average Bonchev–Trinajstić information content (AvgIpc) is 2.63. The van der Waals surface area contributed by atoms with E-state index in [4.69, 9.17) is 12.6 Å². The van der Waals surface area contributed by atoms with Gasteiger partial charge in [0.15, 0.2) is 29.3 Å². The second kappa shape index (κ2) is 17.6. The van der Waals surface area contributed by atoms with Gasteiger partial charge in [-0.2, -0.15) is 0 Å². The summed E-state index contributed by atoms with van der Waals surface area (Å²) in [5, 5.41) is 4.43. The summed E-state index contributed by atoms with van der Waals surface area (Å²) < 4.78 is 18.6. The maximum Gasteiger partial charge on any atom is 0.299 e. The third-order valence-electron chi connectivity index (χ3n) is 3.91. The molecule has 0 atom stereocenters. The second-order valence-corrected chi connectivity index (χ2v) is 13.1. The van der Waals surface area contributed by atoms with Crippen molar-refractivity contribution in [3.63, 3.8) is 0 Å². The normalized spacial score (nSPS) is 16.3. The molecule has 3 nitrogen and oxygen atoms in total. The Morgan fingerprint density at radius 3 is 1.08 bits per heavy atom. The van der Waals surface area contributed by atoms with Crippen LogP contribution >= 0.6 is 8.60 Å². The van der Waals surface area contributed by atoms with Crippen molar-refractivity contribution >= 4 is 37.9 Å². The van der Waals surface area contributed by atoms with Crippen LogP contribution < -0.4 is 0 Å². The zero-order valence-electron chi connectivity index (χ0n) is 17.3. The average molecular weight is 419 g/mol. The van der Waals surface area contributed by atoms with Crippen molar-refractivity contribution in [1.82, 2.24) is 0 Å². The zero-order valence-corrected chi connectivity index (χ0v) is 22.4. The van der Waals surface area contributed by atoms with E-state index in [9.17, 15) is 0 Å². The summed E-state index contributed by atoms with van der Waals surface area (Å²) in [5.74, 6) is 0. The van der Waals surface area contributed by atoms with Gasteiger partial charge in [-0.25, -0.2) is 0 Å². The molecule has 0 heterocycles. The summed E-state index contributed by atoms with van der Waals surface area (Å²) >= 11 is 0. The zero-order chi connectivity index (χ0) is 18.9. The third kappa shape index (κ3) is 13.1. The lowest BCUT2D eigenvalue weighted by atomic mass is 10.3. The van der Waals surface area contributed by atoms with E-state index in [1.807, 2.05) is 0 Å². The fourth-order valence-electron chi connectivity index (χ4n) is 2.30. The highest BCUT2D eigenvalue weighted by Gasteiger charge is 2.15. The number of allylic oxidation sites excluding steroid dienone is 6. The molecule has 0 aromatic rings. The summed E-state index contributed by atoms with van der Waals surface area (Å²) in [4.78, 5) is 0. The highest BCUT2D eigenvalue weighted by molar-refractivity contribution is 7.45. The molecular weight excluding hydrogens is 379 g/mol. The van der Waals surface area contributed by atoms with Crippen LogP contribution in [0.25, 0.3) is 0 Å². The molecular formula is C18H39O3PSi3. The molecule has 0 N–H and O–H groups in total. The minimum absolute atomic E-state index is 0.713. The van der Waals surface area contributed by atoms with Crippen molar-refractivity contribution in [2.45, 2.75) is 80.1 Å². The molecule has 25 heavy (non-hydrogen) atoms. The van der Waals surface area contributed by atoms with Crippen LogP contribution in [-0.2, 0) is 12.6 Å². The Morgan fingerprint density at radius 1 is 0.600 bits per heavy atom. The van der Waals surface area contributed by atoms with Crippen molar-refractivity contribution in [2.75, 3.05) is 0 Å². The summed E-state index contributed by atoms with van der Waals surface area (Å²) in [6.07, 6.45) is 13.5. The van der Waals surface area contributed by atoms with Crippen LogP contribution in [0.5, 0.6) is 0 Å². The fraction of sp³-hybridized carbons (Fsp3) is 0.667. The SMILES string of the molecule is CCC=C(CC)[SiH2]OP(O[SiH2]C(=CCC)CC)O[SiH2]C(=CCC)CC. The lowest BCUT2D eigenvalue weighted by molar-refractivity contribution is 0.421. The van der Waals surface area contributed by atoms with Crippen LogP contribution in [0.4, 0.5) is 0 Å². The molecule has 0 bridgehead atoms. The Morgan fingerprint density at radius 2 is 0.880 bits per heavy atom. The second-order valence-electron chi connectivity index (χ2n) is 5.92. The van der Waals surface area contributed by atoms with Gasteiger partial charge in [0, 0.05) is 0 Å². The van der Waals surface area contributed by atoms with E-state index in [1.165, 1.54) is 15.6 Å². The van der Waals surface area contributed by atoms with Gasteiger partial charge in [-0.3, -0.25) is 0 Å².